The van der Waals surface area contributed by atoms with Crippen molar-refractivity contribution in [1.29, 1.82) is 0 Å². The van der Waals surface area contributed by atoms with Crippen LogP contribution in [0.15, 0.2) is 24.3 Å². The molecule has 0 unspecified atom stereocenters. The molecule has 3 N–H and O–H groups in total. The zero-order valence-electron chi connectivity index (χ0n) is 9.62. The summed E-state index contributed by atoms with van der Waals surface area (Å²) in [6.07, 6.45) is 0. The van der Waals surface area contributed by atoms with Gasteiger partial charge in [0.15, 0.2) is 3.95 Å². The minimum atomic E-state index is -4.67. The number of aromatic amines is 1. The second-order valence-corrected chi connectivity index (χ2v) is 5.07. The van der Waals surface area contributed by atoms with E-state index < -0.39 is 10.4 Å². The molecule has 5 nitrogen and oxygen atoms in total. The van der Waals surface area contributed by atoms with Crippen LogP contribution in [0, 0.1) is 3.95 Å². The molecule has 0 fully saturated rings. The molecule has 1 aromatic heterocycles. The van der Waals surface area contributed by atoms with E-state index in [-0.39, 0.29) is 48.1 Å². The predicted molar refractivity (Wildman–Crippen MR) is 62.3 cm³/mol. The third kappa shape index (κ3) is 9.32. The van der Waals surface area contributed by atoms with Gasteiger partial charge in [-0.3, -0.25) is 9.11 Å². The first-order valence-corrected chi connectivity index (χ1v) is 6.26. The van der Waals surface area contributed by atoms with Crippen LogP contribution in [0.1, 0.15) is 1.43 Å². The SMILES string of the molecule is O=S(=O)(O)O.S=c1[nH]c2ccccc2s1.[H-].[Mn].[Na+]. The molecule has 1 radical (unpaired) electrons. The smallest absolute Gasteiger partial charge is 1.00 e. The van der Waals surface area contributed by atoms with Gasteiger partial charge in [0, 0.05) is 17.1 Å². The summed E-state index contributed by atoms with van der Waals surface area (Å²) in [6, 6.07) is 8.11. The molecule has 0 spiro atoms. The number of fused-ring (bicyclic) bond motifs is 1. The molecule has 2 rings (SSSR count). The van der Waals surface area contributed by atoms with E-state index in [1.54, 1.807) is 11.3 Å². The molecule has 0 atom stereocenters. The maximum absolute atomic E-state index is 8.74. The Morgan fingerprint density at radius 3 is 2.24 bits per heavy atom. The van der Waals surface area contributed by atoms with E-state index in [2.05, 4.69) is 11.1 Å². The van der Waals surface area contributed by atoms with Crippen molar-refractivity contribution in [2.45, 2.75) is 0 Å². The molecule has 0 bridgehead atoms. The topological polar surface area (TPSA) is 90.4 Å². The minimum absolute atomic E-state index is 0. The standard InChI is InChI=1S/C7H5NS2.Mn.Na.H2O4S.H/c9-7-8-5-3-1-2-4-6(5)10-7;;;1-5(2,3)4;/h1-4H,(H,8,9);;;(H2,1,2,3,4);/q;;+1;;-1. The minimum Gasteiger partial charge on any atom is -1.00 e. The number of nitrogens with one attached hydrogen (secondary N) is 1. The van der Waals surface area contributed by atoms with Crippen LogP contribution in [-0.4, -0.2) is 22.5 Å². The van der Waals surface area contributed by atoms with E-state index in [9.17, 15) is 0 Å². The Hall–Kier alpha value is 0.719. The van der Waals surface area contributed by atoms with Gasteiger partial charge in [-0.1, -0.05) is 12.1 Å². The summed E-state index contributed by atoms with van der Waals surface area (Å²) >= 11 is 6.59. The fraction of sp³-hybridized carbons (Fsp3) is 0. The van der Waals surface area contributed by atoms with Crippen molar-refractivity contribution < 1.29 is 65.6 Å². The maximum atomic E-state index is 8.74. The Labute approximate surface area is 141 Å². The van der Waals surface area contributed by atoms with Gasteiger partial charge in [-0.05, 0) is 24.4 Å². The third-order valence-corrected chi connectivity index (χ3v) is 2.54. The molecular formula is C7H8MnNNaO4S3. The number of aromatic nitrogens is 1. The van der Waals surface area contributed by atoms with E-state index in [1.807, 2.05) is 18.2 Å². The van der Waals surface area contributed by atoms with Crippen LogP contribution in [-0.2, 0) is 27.5 Å². The predicted octanol–water partition coefficient (Wildman–Crippen LogP) is -0.580. The van der Waals surface area contributed by atoms with Crippen LogP contribution >= 0.6 is 23.6 Å². The Morgan fingerprint density at radius 1 is 1.29 bits per heavy atom. The van der Waals surface area contributed by atoms with Crippen LogP contribution in [0.25, 0.3) is 10.2 Å². The monoisotopic (exact) mass is 344 g/mol. The van der Waals surface area contributed by atoms with Gasteiger partial charge in [-0.2, -0.15) is 8.42 Å². The molecule has 91 valence electrons. The van der Waals surface area contributed by atoms with E-state index in [0.29, 0.717) is 0 Å². The van der Waals surface area contributed by atoms with Gasteiger partial charge >= 0.3 is 40.0 Å². The van der Waals surface area contributed by atoms with Crippen molar-refractivity contribution in [3.63, 3.8) is 0 Å². The van der Waals surface area contributed by atoms with E-state index in [4.69, 9.17) is 29.7 Å². The fourth-order valence-corrected chi connectivity index (χ4v) is 2.01. The molecule has 0 amide bonds. The summed E-state index contributed by atoms with van der Waals surface area (Å²) in [5, 5.41) is 0. The Kier molecular flexibility index (Phi) is 10.3. The number of hydrogen-bond acceptors (Lipinski definition) is 4. The Bertz CT molecular complexity index is 570. The van der Waals surface area contributed by atoms with Crippen LogP contribution in [0.5, 0.6) is 0 Å². The van der Waals surface area contributed by atoms with Crippen LogP contribution in [0.4, 0.5) is 0 Å². The molecule has 1 aromatic carbocycles. The largest absolute Gasteiger partial charge is 1.00 e. The van der Waals surface area contributed by atoms with Crippen LogP contribution in [0.3, 0.4) is 0 Å². The number of para-hydroxylation sites is 1. The van der Waals surface area contributed by atoms with Crippen LogP contribution in [0.2, 0.25) is 0 Å². The first kappa shape index (κ1) is 20.0. The quantitative estimate of drug-likeness (QED) is 0.338. The molecule has 1 heterocycles. The third-order valence-electron chi connectivity index (χ3n) is 1.33. The van der Waals surface area contributed by atoms with Crippen molar-refractivity contribution in [3.05, 3.63) is 28.2 Å². The second kappa shape index (κ2) is 8.76. The molecule has 17 heavy (non-hydrogen) atoms. The van der Waals surface area contributed by atoms with Crippen molar-refractivity contribution in [3.8, 4) is 0 Å². The van der Waals surface area contributed by atoms with Gasteiger partial charge in [0.1, 0.15) is 0 Å². The zero-order valence-corrected chi connectivity index (χ0v) is 14.3. The number of benzene rings is 1. The van der Waals surface area contributed by atoms with E-state index >= 15 is 0 Å². The Morgan fingerprint density at radius 2 is 1.76 bits per heavy atom. The Balaban J connectivity index is -0.000000252. The fourth-order valence-electron chi connectivity index (χ4n) is 0.894. The summed E-state index contributed by atoms with van der Waals surface area (Å²) in [5.41, 5.74) is 1.14. The van der Waals surface area contributed by atoms with Gasteiger partial charge in [0.05, 0.1) is 10.2 Å². The molecule has 0 saturated carbocycles. The number of rotatable bonds is 0. The normalized spacial score (nSPS) is 9.53. The van der Waals surface area contributed by atoms with Crippen molar-refractivity contribution >= 4 is 44.2 Å². The van der Waals surface area contributed by atoms with Gasteiger partial charge < -0.3 is 6.41 Å². The second-order valence-electron chi connectivity index (χ2n) is 2.46. The van der Waals surface area contributed by atoms with Gasteiger partial charge in [-0.25, -0.2) is 0 Å². The molecule has 0 saturated heterocycles. The first-order chi connectivity index (χ1) is 6.86. The molecule has 0 aliphatic rings. The zero-order chi connectivity index (χ0) is 11.5. The van der Waals surface area contributed by atoms with Crippen molar-refractivity contribution in [2.24, 2.45) is 0 Å². The molecular weight excluding hydrogens is 336 g/mol. The van der Waals surface area contributed by atoms with Crippen LogP contribution < -0.4 is 29.6 Å². The number of H-pyrrole nitrogens is 1. The van der Waals surface area contributed by atoms with E-state index in [0.717, 1.165) is 9.47 Å². The van der Waals surface area contributed by atoms with Gasteiger partial charge in [-0.15, -0.1) is 11.3 Å². The molecule has 0 aliphatic carbocycles. The van der Waals surface area contributed by atoms with E-state index in [1.165, 1.54) is 4.70 Å². The summed E-state index contributed by atoms with van der Waals surface area (Å²) < 4.78 is 33.7. The summed E-state index contributed by atoms with van der Waals surface area (Å²) in [7, 11) is -4.67. The van der Waals surface area contributed by atoms with Crippen molar-refractivity contribution in [1.82, 2.24) is 4.98 Å². The maximum Gasteiger partial charge on any atom is 1.00 e. The average Bonchev–Trinajstić information content (AvgIpc) is 2.40. The number of thiazole rings is 1. The first-order valence-electron chi connectivity index (χ1n) is 3.64. The summed E-state index contributed by atoms with van der Waals surface area (Å²) in [6.45, 7) is 0. The molecule has 2 aromatic rings. The summed E-state index contributed by atoms with van der Waals surface area (Å²) in [5.74, 6) is 0. The summed E-state index contributed by atoms with van der Waals surface area (Å²) in [4.78, 5) is 3.09. The van der Waals surface area contributed by atoms with Crippen molar-refractivity contribution in [2.75, 3.05) is 0 Å². The molecule has 10 heteroatoms. The van der Waals surface area contributed by atoms with Gasteiger partial charge in [0.25, 0.3) is 0 Å². The average molecular weight is 344 g/mol. The van der Waals surface area contributed by atoms with Gasteiger partial charge in [0.2, 0.25) is 0 Å². The number of hydrogen-bond donors (Lipinski definition) is 3. The molecule has 0 aliphatic heterocycles.